The fourth-order valence-electron chi connectivity index (χ4n) is 0.176. The first kappa shape index (κ1) is 17.6. The van der Waals surface area contributed by atoms with Crippen molar-refractivity contribution in [1.29, 1.82) is 0 Å². The summed E-state index contributed by atoms with van der Waals surface area (Å²) in [5.74, 6) is 0.833. The van der Waals surface area contributed by atoms with Gasteiger partial charge >= 0.3 is 0 Å². The van der Waals surface area contributed by atoms with E-state index < -0.39 is 0 Å². The average molecular weight is 189 g/mol. The zero-order valence-electron chi connectivity index (χ0n) is 8.16. The second kappa shape index (κ2) is 16.9. The highest BCUT2D eigenvalue weighted by atomic mass is 32.1. The highest BCUT2D eigenvalue weighted by molar-refractivity contribution is 7.03. The van der Waals surface area contributed by atoms with E-state index in [-0.39, 0.29) is 7.43 Å². The summed E-state index contributed by atoms with van der Waals surface area (Å²) in [6, 6.07) is 1.91. The van der Waals surface area contributed by atoms with Crippen molar-refractivity contribution in [1.82, 2.24) is 4.37 Å². The minimum absolute atomic E-state index is 0. The summed E-state index contributed by atoms with van der Waals surface area (Å²) in [6.07, 6.45) is 1.77. The first-order chi connectivity index (χ1) is 5.23. The Morgan fingerprint density at radius 3 is 1.67 bits per heavy atom. The van der Waals surface area contributed by atoms with Gasteiger partial charge in [-0.15, -0.1) is 0 Å². The van der Waals surface area contributed by atoms with Gasteiger partial charge in [0.15, 0.2) is 0 Å². The van der Waals surface area contributed by atoms with E-state index in [0.29, 0.717) is 0 Å². The summed E-state index contributed by atoms with van der Waals surface area (Å²) >= 11 is 1.46. The van der Waals surface area contributed by atoms with Crippen molar-refractivity contribution >= 4 is 11.5 Å². The molecule has 0 amide bonds. The van der Waals surface area contributed by atoms with E-state index in [4.69, 9.17) is 0 Å². The van der Waals surface area contributed by atoms with Crippen molar-refractivity contribution in [2.75, 3.05) is 0 Å². The number of rotatable bonds is 0. The van der Waals surface area contributed by atoms with E-state index in [1.165, 1.54) is 11.5 Å². The molecule has 0 aliphatic heterocycles. The average Bonchev–Trinajstić information content (AvgIpc) is 2.44. The summed E-state index contributed by atoms with van der Waals surface area (Å²) < 4.78 is 3.76. The van der Waals surface area contributed by atoms with Gasteiger partial charge in [-0.25, -0.2) is 4.37 Å². The number of nitrogens with zero attached hydrogens (tertiary/aromatic N) is 1. The predicted molar refractivity (Wildman–Crippen MR) is 60.7 cm³/mol. The van der Waals surface area contributed by atoms with Crippen molar-refractivity contribution < 1.29 is 0 Å². The molecule has 1 aromatic heterocycles. The van der Waals surface area contributed by atoms with Crippen molar-refractivity contribution in [3.8, 4) is 0 Å². The van der Waals surface area contributed by atoms with Crippen LogP contribution in [0.25, 0.3) is 0 Å². The predicted octanol–water partition coefficient (Wildman–Crippen LogP) is 4.47. The van der Waals surface area contributed by atoms with Crippen LogP contribution in [0.15, 0.2) is 17.6 Å². The lowest BCUT2D eigenvalue weighted by Crippen LogP contribution is -1.66. The van der Waals surface area contributed by atoms with E-state index in [1.54, 1.807) is 6.20 Å². The molecule has 1 heterocycles. The zero-order valence-corrected chi connectivity index (χ0v) is 8.98. The third-order valence-electron chi connectivity index (χ3n) is 0.347. The zero-order chi connectivity index (χ0) is 9.11. The lowest BCUT2D eigenvalue weighted by molar-refractivity contribution is 0.737. The maximum Gasteiger partial charge on any atom is 0.0406 e. The molecule has 0 bridgehead atoms. The highest BCUT2D eigenvalue weighted by Gasteiger charge is 1.68. The van der Waals surface area contributed by atoms with Gasteiger partial charge in [-0.3, -0.25) is 0 Å². The summed E-state index contributed by atoms with van der Waals surface area (Å²) in [4.78, 5) is 0. The van der Waals surface area contributed by atoms with Crippen molar-refractivity contribution in [2.45, 2.75) is 42.0 Å². The topological polar surface area (TPSA) is 12.9 Å². The Hall–Kier alpha value is -0.370. The van der Waals surface area contributed by atoms with Crippen LogP contribution >= 0.6 is 11.5 Å². The van der Waals surface area contributed by atoms with Crippen LogP contribution in [-0.4, -0.2) is 4.37 Å². The molecular formula is C10H23NS. The Labute approximate surface area is 82.0 Å². The molecule has 1 aromatic rings. The van der Waals surface area contributed by atoms with Gasteiger partial charge in [0.05, 0.1) is 0 Å². The molecule has 12 heavy (non-hydrogen) atoms. The Morgan fingerprint density at radius 2 is 1.58 bits per heavy atom. The Morgan fingerprint density at radius 1 is 1.17 bits per heavy atom. The second-order valence-corrected chi connectivity index (χ2v) is 3.11. The Kier molecular flexibility index (Phi) is 24.9. The molecule has 0 saturated carbocycles. The van der Waals surface area contributed by atoms with Crippen molar-refractivity contribution in [2.24, 2.45) is 5.92 Å². The smallest absolute Gasteiger partial charge is 0.0406 e. The van der Waals surface area contributed by atoms with Gasteiger partial charge in [0.2, 0.25) is 0 Å². The number of aromatic nitrogens is 1. The van der Waals surface area contributed by atoms with Crippen LogP contribution in [0.1, 0.15) is 42.0 Å². The minimum Gasteiger partial charge on any atom is -0.201 e. The van der Waals surface area contributed by atoms with Crippen LogP contribution in [0, 0.1) is 5.92 Å². The molecule has 0 N–H and O–H groups in total. The van der Waals surface area contributed by atoms with Crippen LogP contribution in [0.3, 0.4) is 0 Å². The SMILES string of the molecule is C.CC.CC(C)C.c1cnsc1. The van der Waals surface area contributed by atoms with Crippen LogP contribution < -0.4 is 0 Å². The Bertz CT molecular complexity index is 93.4. The van der Waals surface area contributed by atoms with Crippen LogP contribution in [-0.2, 0) is 0 Å². The van der Waals surface area contributed by atoms with Crippen LogP contribution in [0.5, 0.6) is 0 Å². The maximum absolute atomic E-state index is 3.76. The van der Waals surface area contributed by atoms with Crippen LogP contribution in [0.2, 0.25) is 0 Å². The molecule has 1 nitrogen and oxygen atoms in total. The molecule has 0 aromatic carbocycles. The maximum atomic E-state index is 3.76. The fourth-order valence-corrected chi connectivity index (χ4v) is 0.527. The molecule has 0 atom stereocenters. The second-order valence-electron chi connectivity index (χ2n) is 2.42. The quantitative estimate of drug-likeness (QED) is 0.587. The van der Waals surface area contributed by atoms with Gasteiger partial charge < -0.3 is 0 Å². The van der Waals surface area contributed by atoms with E-state index in [0.717, 1.165) is 5.92 Å². The van der Waals surface area contributed by atoms with Gasteiger partial charge in [-0.2, -0.15) is 0 Å². The fraction of sp³-hybridized carbons (Fsp3) is 0.700. The number of hydrogen-bond acceptors (Lipinski definition) is 2. The molecule has 0 aliphatic carbocycles. The standard InChI is InChI=1S/C4H10.C3H3NS.C2H6.CH4/c1-4(2)3;1-2-4-5-3-1;1-2;/h4H,1-3H3;1-3H;1-2H3;1H4. The lowest BCUT2D eigenvalue weighted by atomic mass is 10.3. The Balaban J connectivity index is -0.000000107. The first-order valence-corrected chi connectivity index (χ1v) is 4.91. The van der Waals surface area contributed by atoms with Crippen molar-refractivity contribution in [3.05, 3.63) is 17.6 Å². The summed E-state index contributed by atoms with van der Waals surface area (Å²) in [7, 11) is 0. The van der Waals surface area contributed by atoms with Gasteiger partial charge in [0, 0.05) is 11.6 Å². The highest BCUT2D eigenvalue weighted by Crippen LogP contribution is 1.84. The van der Waals surface area contributed by atoms with E-state index in [2.05, 4.69) is 25.1 Å². The molecule has 0 aliphatic rings. The summed E-state index contributed by atoms with van der Waals surface area (Å²) in [5.41, 5.74) is 0. The van der Waals surface area contributed by atoms with Crippen LogP contribution in [0.4, 0.5) is 0 Å². The molecule has 0 fully saturated rings. The van der Waals surface area contributed by atoms with E-state index in [1.807, 2.05) is 25.3 Å². The van der Waals surface area contributed by atoms with E-state index >= 15 is 0 Å². The molecule has 0 spiro atoms. The third-order valence-corrected chi connectivity index (χ3v) is 0.869. The molecule has 0 radical (unpaired) electrons. The lowest BCUT2D eigenvalue weighted by Gasteiger charge is -1.79. The largest absolute Gasteiger partial charge is 0.201 e. The monoisotopic (exact) mass is 189 g/mol. The number of hydrogen-bond donors (Lipinski definition) is 0. The van der Waals surface area contributed by atoms with E-state index in [9.17, 15) is 0 Å². The van der Waals surface area contributed by atoms with Gasteiger partial charge in [-0.05, 0) is 23.5 Å². The molecular weight excluding hydrogens is 166 g/mol. The summed E-state index contributed by atoms with van der Waals surface area (Å²) in [6.45, 7) is 10.5. The van der Waals surface area contributed by atoms with Gasteiger partial charge in [0.25, 0.3) is 0 Å². The molecule has 74 valence electrons. The van der Waals surface area contributed by atoms with Crippen molar-refractivity contribution in [3.63, 3.8) is 0 Å². The van der Waals surface area contributed by atoms with Gasteiger partial charge in [-0.1, -0.05) is 42.0 Å². The molecule has 0 saturated heterocycles. The first-order valence-electron chi connectivity index (χ1n) is 4.08. The van der Waals surface area contributed by atoms with Gasteiger partial charge in [0.1, 0.15) is 0 Å². The molecule has 1 rings (SSSR count). The molecule has 2 heteroatoms. The molecule has 0 unspecified atom stereocenters. The summed E-state index contributed by atoms with van der Waals surface area (Å²) in [5, 5.41) is 1.93. The normalized spacial score (nSPS) is 6.83. The third kappa shape index (κ3) is 33.5. The minimum atomic E-state index is 0.